The Bertz CT molecular complexity index is 381. The Balaban J connectivity index is 2.25. The molecule has 0 aliphatic heterocycles. The van der Waals surface area contributed by atoms with E-state index >= 15 is 0 Å². The van der Waals surface area contributed by atoms with Crippen LogP contribution in [0.15, 0.2) is 6.33 Å². The third kappa shape index (κ3) is 1.23. The van der Waals surface area contributed by atoms with Crippen molar-refractivity contribution in [1.29, 1.82) is 0 Å². The van der Waals surface area contributed by atoms with E-state index in [-0.39, 0.29) is 5.41 Å². The van der Waals surface area contributed by atoms with Gasteiger partial charge >= 0.3 is 0 Å². The molecule has 4 nitrogen and oxygen atoms in total. The highest BCUT2D eigenvalue weighted by Gasteiger charge is 2.49. The van der Waals surface area contributed by atoms with Crippen LogP contribution in [0, 0.1) is 10.2 Å². The molecule has 1 aliphatic rings. The van der Waals surface area contributed by atoms with Gasteiger partial charge in [-0.3, -0.25) is 5.10 Å². The molecule has 1 fully saturated rings. The first-order valence-corrected chi connectivity index (χ1v) is 5.12. The van der Waals surface area contributed by atoms with E-state index in [4.69, 9.17) is 17.0 Å². The second-order valence-corrected chi connectivity index (χ2v) is 4.75. The highest BCUT2D eigenvalue weighted by atomic mass is 32.1. The highest BCUT2D eigenvalue weighted by molar-refractivity contribution is 7.71. The molecule has 0 amide bonds. The number of H-pyrrole nitrogens is 1. The number of ether oxygens (including phenoxy) is 1. The number of rotatable bonds is 2. The van der Waals surface area contributed by atoms with Gasteiger partial charge in [0.25, 0.3) is 0 Å². The minimum atomic E-state index is 0.136. The van der Waals surface area contributed by atoms with Crippen LogP contribution in [0.5, 0.6) is 0 Å². The van der Waals surface area contributed by atoms with Crippen LogP contribution in [0.3, 0.4) is 0 Å². The van der Waals surface area contributed by atoms with Crippen molar-refractivity contribution in [1.82, 2.24) is 14.8 Å². The number of hydrogen-bond acceptors (Lipinski definition) is 3. The quantitative estimate of drug-likeness (QED) is 0.763. The van der Waals surface area contributed by atoms with Crippen LogP contribution >= 0.6 is 12.2 Å². The van der Waals surface area contributed by atoms with Crippen molar-refractivity contribution in [3.63, 3.8) is 0 Å². The Morgan fingerprint density at radius 2 is 2.43 bits per heavy atom. The SMILES string of the molecule is COC1CC(n2cn[nH]c2=S)C1(C)C. The Kier molecular flexibility index (Phi) is 2.23. The number of hydrogen-bond donors (Lipinski definition) is 1. The van der Waals surface area contributed by atoms with Gasteiger partial charge in [-0.15, -0.1) is 0 Å². The minimum absolute atomic E-state index is 0.136. The zero-order valence-electron chi connectivity index (χ0n) is 8.65. The summed E-state index contributed by atoms with van der Waals surface area (Å²) in [5.74, 6) is 0. The van der Waals surface area contributed by atoms with Gasteiger partial charge < -0.3 is 9.30 Å². The van der Waals surface area contributed by atoms with Gasteiger partial charge in [-0.05, 0) is 18.6 Å². The van der Waals surface area contributed by atoms with Crippen molar-refractivity contribution < 1.29 is 4.74 Å². The Labute approximate surface area is 88.3 Å². The minimum Gasteiger partial charge on any atom is -0.381 e. The molecule has 0 bridgehead atoms. The monoisotopic (exact) mass is 213 g/mol. The molecule has 1 aromatic rings. The Morgan fingerprint density at radius 3 is 2.86 bits per heavy atom. The maximum absolute atomic E-state index is 5.39. The van der Waals surface area contributed by atoms with E-state index in [0.717, 1.165) is 6.42 Å². The van der Waals surface area contributed by atoms with Crippen molar-refractivity contribution >= 4 is 12.2 Å². The summed E-state index contributed by atoms with van der Waals surface area (Å²) in [6.07, 6.45) is 3.10. The molecule has 2 unspecified atom stereocenters. The summed E-state index contributed by atoms with van der Waals surface area (Å²) < 4.78 is 8.10. The molecule has 2 atom stereocenters. The predicted molar refractivity (Wildman–Crippen MR) is 55.6 cm³/mol. The van der Waals surface area contributed by atoms with E-state index in [9.17, 15) is 0 Å². The molecule has 0 aromatic carbocycles. The van der Waals surface area contributed by atoms with Crippen molar-refractivity contribution in [3.8, 4) is 0 Å². The fraction of sp³-hybridized carbons (Fsp3) is 0.778. The zero-order chi connectivity index (χ0) is 10.3. The maximum atomic E-state index is 5.39. The molecule has 1 aromatic heterocycles. The van der Waals surface area contributed by atoms with Crippen LogP contribution in [0.25, 0.3) is 0 Å². The van der Waals surface area contributed by atoms with E-state index in [2.05, 4.69) is 24.0 Å². The van der Waals surface area contributed by atoms with Gasteiger partial charge in [0.2, 0.25) is 0 Å². The van der Waals surface area contributed by atoms with Gasteiger partial charge in [-0.25, -0.2) is 0 Å². The van der Waals surface area contributed by atoms with Gasteiger partial charge in [0.1, 0.15) is 6.33 Å². The van der Waals surface area contributed by atoms with Gasteiger partial charge in [0.15, 0.2) is 4.77 Å². The topological polar surface area (TPSA) is 42.8 Å². The van der Waals surface area contributed by atoms with Crippen molar-refractivity contribution in [2.24, 2.45) is 5.41 Å². The summed E-state index contributed by atoms with van der Waals surface area (Å²) in [6.45, 7) is 4.40. The molecule has 14 heavy (non-hydrogen) atoms. The van der Waals surface area contributed by atoms with Crippen LogP contribution in [0.1, 0.15) is 26.3 Å². The van der Waals surface area contributed by atoms with Crippen molar-refractivity contribution in [2.45, 2.75) is 32.4 Å². The number of nitrogens with one attached hydrogen (secondary N) is 1. The Morgan fingerprint density at radius 1 is 1.71 bits per heavy atom. The first kappa shape index (κ1) is 9.86. The standard InChI is InChI=1S/C9H15N3OS/c1-9(2)6(4-7(9)13-3)12-5-10-11-8(12)14/h5-7H,4H2,1-3H3,(H,11,14). The third-order valence-corrected chi connectivity index (χ3v) is 3.63. The van der Waals surface area contributed by atoms with E-state index < -0.39 is 0 Å². The molecule has 2 rings (SSSR count). The smallest absolute Gasteiger partial charge is 0.195 e. The van der Waals surface area contributed by atoms with Crippen LogP contribution < -0.4 is 0 Å². The molecule has 0 spiro atoms. The van der Waals surface area contributed by atoms with E-state index in [0.29, 0.717) is 16.9 Å². The second kappa shape index (κ2) is 3.17. The van der Waals surface area contributed by atoms with Gasteiger partial charge in [0, 0.05) is 18.6 Å². The van der Waals surface area contributed by atoms with Crippen molar-refractivity contribution in [3.05, 3.63) is 11.1 Å². The molecule has 0 radical (unpaired) electrons. The lowest BCUT2D eigenvalue weighted by Gasteiger charge is -2.51. The Hall–Kier alpha value is -0.680. The molecule has 0 saturated heterocycles. The fourth-order valence-corrected chi connectivity index (χ4v) is 2.44. The fourth-order valence-electron chi connectivity index (χ4n) is 2.21. The van der Waals surface area contributed by atoms with Crippen LogP contribution in [-0.2, 0) is 4.74 Å². The van der Waals surface area contributed by atoms with Crippen LogP contribution in [-0.4, -0.2) is 28.0 Å². The number of aromatic amines is 1. The molecule has 1 saturated carbocycles. The van der Waals surface area contributed by atoms with Crippen molar-refractivity contribution in [2.75, 3.05) is 7.11 Å². The summed E-state index contributed by atoms with van der Waals surface area (Å²) in [4.78, 5) is 0. The number of methoxy groups -OCH3 is 1. The first-order valence-electron chi connectivity index (χ1n) is 4.71. The molecule has 5 heteroatoms. The third-order valence-electron chi connectivity index (χ3n) is 3.32. The summed E-state index contributed by atoms with van der Waals surface area (Å²) in [5, 5.41) is 6.71. The summed E-state index contributed by atoms with van der Waals surface area (Å²) in [5.41, 5.74) is 0.136. The lowest BCUT2D eigenvalue weighted by atomic mass is 9.64. The second-order valence-electron chi connectivity index (χ2n) is 4.37. The zero-order valence-corrected chi connectivity index (χ0v) is 9.47. The summed E-state index contributed by atoms with van der Waals surface area (Å²) in [7, 11) is 1.76. The number of nitrogens with zero attached hydrogens (tertiary/aromatic N) is 2. The first-order chi connectivity index (χ1) is 6.57. The van der Waals surface area contributed by atoms with E-state index in [1.165, 1.54) is 0 Å². The molecular formula is C9H15N3OS. The van der Waals surface area contributed by atoms with Crippen LogP contribution in [0.2, 0.25) is 0 Å². The molecule has 78 valence electrons. The van der Waals surface area contributed by atoms with E-state index in [1.807, 2.05) is 4.57 Å². The largest absolute Gasteiger partial charge is 0.381 e. The van der Waals surface area contributed by atoms with Gasteiger partial charge in [-0.1, -0.05) is 13.8 Å². The molecule has 1 aliphatic carbocycles. The summed E-state index contributed by atoms with van der Waals surface area (Å²) >= 11 is 5.14. The number of aromatic nitrogens is 3. The van der Waals surface area contributed by atoms with E-state index in [1.54, 1.807) is 13.4 Å². The normalized spacial score (nSPS) is 29.9. The predicted octanol–water partition coefficient (Wildman–Crippen LogP) is 1.93. The average Bonchev–Trinajstić information content (AvgIpc) is 2.51. The van der Waals surface area contributed by atoms with Gasteiger partial charge in [-0.2, -0.15) is 5.10 Å². The molecule has 1 heterocycles. The van der Waals surface area contributed by atoms with Crippen LogP contribution in [0.4, 0.5) is 0 Å². The maximum Gasteiger partial charge on any atom is 0.195 e. The van der Waals surface area contributed by atoms with Gasteiger partial charge in [0.05, 0.1) is 6.10 Å². The summed E-state index contributed by atoms with van der Waals surface area (Å²) in [6, 6.07) is 0.402. The molecule has 1 N–H and O–H groups in total. The highest BCUT2D eigenvalue weighted by Crippen LogP contribution is 2.50. The molecular weight excluding hydrogens is 198 g/mol. The lowest BCUT2D eigenvalue weighted by molar-refractivity contribution is -0.113. The average molecular weight is 213 g/mol. The lowest BCUT2D eigenvalue weighted by Crippen LogP contribution is -2.50.